The zero-order valence-electron chi connectivity index (χ0n) is 13.0. The molecule has 1 aromatic carbocycles. The first-order valence-electron chi connectivity index (χ1n) is 7.16. The summed E-state index contributed by atoms with van der Waals surface area (Å²) in [6.45, 7) is 4.35. The van der Waals surface area contributed by atoms with Crippen LogP contribution in [0.5, 0.6) is 0 Å². The highest BCUT2D eigenvalue weighted by Gasteiger charge is 2.33. The lowest BCUT2D eigenvalue weighted by Crippen LogP contribution is -2.34. The fourth-order valence-electron chi connectivity index (χ4n) is 2.04. The molecule has 0 atom stereocenters. The van der Waals surface area contributed by atoms with Gasteiger partial charge in [-0.15, -0.1) is 0 Å². The number of benzene rings is 1. The minimum absolute atomic E-state index is 0.176. The summed E-state index contributed by atoms with van der Waals surface area (Å²) in [5.74, 6) is -0.850. The van der Waals surface area contributed by atoms with E-state index in [4.69, 9.17) is 0 Å². The lowest BCUT2D eigenvalue weighted by molar-refractivity contribution is -0.139. The summed E-state index contributed by atoms with van der Waals surface area (Å²) < 4.78 is 53.8. The van der Waals surface area contributed by atoms with E-state index in [9.17, 15) is 22.4 Å². The summed E-state index contributed by atoms with van der Waals surface area (Å²) in [5.41, 5.74) is -0.876. The number of nitrogens with zero attached hydrogens (tertiary/aromatic N) is 3. The van der Waals surface area contributed by atoms with E-state index >= 15 is 0 Å². The van der Waals surface area contributed by atoms with Crippen molar-refractivity contribution in [1.29, 1.82) is 0 Å². The Balaban J connectivity index is 2.32. The molecule has 0 fully saturated rings. The van der Waals surface area contributed by atoms with Crippen LogP contribution in [0.2, 0.25) is 0 Å². The average molecular weight is 361 g/mol. The molecule has 1 heterocycles. The number of hydrogen-bond donors (Lipinski definition) is 0. The van der Waals surface area contributed by atoms with Crippen molar-refractivity contribution < 1.29 is 22.4 Å². The predicted octanol–water partition coefficient (Wildman–Crippen LogP) is 4.50. The molecule has 0 bridgehead atoms. The van der Waals surface area contributed by atoms with Gasteiger partial charge in [0, 0.05) is 18.0 Å². The van der Waals surface area contributed by atoms with Gasteiger partial charge in [-0.2, -0.15) is 23.0 Å². The van der Waals surface area contributed by atoms with Gasteiger partial charge in [-0.3, -0.25) is 0 Å². The van der Waals surface area contributed by atoms with E-state index in [1.165, 1.54) is 23.1 Å². The van der Waals surface area contributed by atoms with Crippen LogP contribution in [0.15, 0.2) is 40.4 Å². The first-order chi connectivity index (χ1) is 11.3. The van der Waals surface area contributed by atoms with Gasteiger partial charge in [-0.1, -0.05) is 23.9 Å². The normalized spacial score (nSPS) is 11.6. The maximum Gasteiger partial charge on any atom is 0.417 e. The number of halogens is 4. The zero-order chi connectivity index (χ0) is 17.9. The topological polar surface area (TPSA) is 38.1 Å². The van der Waals surface area contributed by atoms with Crippen LogP contribution in [-0.2, 0) is 6.18 Å². The van der Waals surface area contributed by atoms with E-state index in [-0.39, 0.29) is 9.92 Å². The fraction of sp³-hybridized carbons (Fsp3) is 0.333. The highest BCUT2D eigenvalue weighted by atomic mass is 32.2. The molecular weight excluding hydrogens is 346 g/mol. The number of alkyl halides is 3. The number of carbonyl (C=O) groups excluding carboxylic acids is 1. The summed E-state index contributed by atoms with van der Waals surface area (Å²) in [7, 11) is 0. The van der Waals surface area contributed by atoms with Gasteiger partial charge < -0.3 is 4.90 Å². The Labute approximate surface area is 140 Å². The Morgan fingerprint density at radius 2 is 1.88 bits per heavy atom. The molecule has 0 aliphatic rings. The van der Waals surface area contributed by atoms with Crippen LogP contribution in [-0.4, -0.2) is 33.8 Å². The zero-order valence-corrected chi connectivity index (χ0v) is 13.8. The first-order valence-corrected chi connectivity index (χ1v) is 7.98. The third-order valence-electron chi connectivity index (χ3n) is 3.27. The molecule has 0 unspecified atom stereocenters. The average Bonchev–Trinajstić information content (AvgIpc) is 2.89. The maximum absolute atomic E-state index is 14.0. The molecule has 0 N–H and O–H groups in total. The van der Waals surface area contributed by atoms with Crippen LogP contribution in [0.4, 0.5) is 22.4 Å². The van der Waals surface area contributed by atoms with Gasteiger partial charge in [0.1, 0.15) is 0 Å². The Morgan fingerprint density at radius 1 is 1.25 bits per heavy atom. The van der Waals surface area contributed by atoms with Crippen molar-refractivity contribution in [1.82, 2.24) is 14.7 Å². The third-order valence-corrected chi connectivity index (χ3v) is 4.31. The molecule has 2 rings (SSSR count). The van der Waals surface area contributed by atoms with E-state index in [0.29, 0.717) is 24.9 Å². The summed E-state index contributed by atoms with van der Waals surface area (Å²) in [6.07, 6.45) is -3.68. The van der Waals surface area contributed by atoms with Crippen molar-refractivity contribution >= 4 is 17.8 Å². The smallest absolute Gasteiger partial charge is 0.323 e. The monoisotopic (exact) mass is 361 g/mol. The number of hydrogen-bond acceptors (Lipinski definition) is 3. The van der Waals surface area contributed by atoms with Gasteiger partial charge in [-0.05, 0) is 26.0 Å². The highest BCUT2D eigenvalue weighted by Crippen LogP contribution is 2.39. The van der Waals surface area contributed by atoms with E-state index < -0.39 is 23.6 Å². The molecule has 9 heteroatoms. The molecule has 0 aliphatic carbocycles. The lowest BCUT2D eigenvalue weighted by atomic mass is 10.2. The van der Waals surface area contributed by atoms with Crippen molar-refractivity contribution in [2.75, 3.05) is 13.1 Å². The van der Waals surface area contributed by atoms with Crippen molar-refractivity contribution in [3.8, 4) is 0 Å². The highest BCUT2D eigenvalue weighted by molar-refractivity contribution is 7.99. The fourth-order valence-corrected chi connectivity index (χ4v) is 2.96. The Hall–Kier alpha value is -2.03. The number of aromatic nitrogens is 2. The molecular formula is C15H15F4N3OS. The summed E-state index contributed by atoms with van der Waals surface area (Å²) in [5, 5.41) is 3.51. The second-order valence-corrected chi connectivity index (χ2v) is 5.81. The molecule has 4 nitrogen and oxygen atoms in total. The molecule has 0 saturated heterocycles. The number of rotatable bonds is 4. The number of carbonyl (C=O) groups is 1. The lowest BCUT2D eigenvalue weighted by Gasteiger charge is -2.17. The molecule has 130 valence electrons. The second kappa shape index (κ2) is 7.25. The molecule has 0 saturated carbocycles. The van der Waals surface area contributed by atoms with Crippen LogP contribution in [0.25, 0.3) is 0 Å². The van der Waals surface area contributed by atoms with E-state index in [2.05, 4.69) is 5.10 Å². The van der Waals surface area contributed by atoms with Gasteiger partial charge in [0.25, 0.3) is 0 Å². The second-order valence-electron chi connectivity index (χ2n) is 4.78. The quantitative estimate of drug-likeness (QED) is 0.753. The van der Waals surface area contributed by atoms with Crippen LogP contribution in [0.1, 0.15) is 19.4 Å². The molecule has 2 aromatic rings. The minimum atomic E-state index is -4.56. The van der Waals surface area contributed by atoms with Gasteiger partial charge in [-0.25, -0.2) is 9.18 Å². The van der Waals surface area contributed by atoms with Gasteiger partial charge in [0.2, 0.25) is 0 Å². The summed E-state index contributed by atoms with van der Waals surface area (Å²) >= 11 is 0.535. The van der Waals surface area contributed by atoms with Crippen molar-refractivity contribution in [3.05, 3.63) is 41.8 Å². The SMILES string of the molecule is CCN(CC)C(=O)n1cc(F)c(Sc2ccccc2C(F)(F)F)n1. The van der Waals surface area contributed by atoms with Crippen molar-refractivity contribution in [3.63, 3.8) is 0 Å². The summed E-state index contributed by atoms with van der Waals surface area (Å²) in [4.78, 5) is 13.4. The van der Waals surface area contributed by atoms with Crippen LogP contribution in [0, 0.1) is 5.82 Å². The molecule has 0 spiro atoms. The molecule has 1 amide bonds. The van der Waals surface area contributed by atoms with Crippen molar-refractivity contribution in [2.24, 2.45) is 0 Å². The van der Waals surface area contributed by atoms with Crippen molar-refractivity contribution in [2.45, 2.75) is 29.9 Å². The maximum atomic E-state index is 14.0. The molecule has 1 aromatic heterocycles. The first kappa shape index (κ1) is 18.3. The number of amides is 1. The Morgan fingerprint density at radius 3 is 2.46 bits per heavy atom. The Bertz CT molecular complexity index is 726. The van der Waals surface area contributed by atoms with Crippen LogP contribution < -0.4 is 0 Å². The predicted molar refractivity (Wildman–Crippen MR) is 81.5 cm³/mol. The van der Waals surface area contributed by atoms with Crippen LogP contribution >= 0.6 is 11.8 Å². The summed E-state index contributed by atoms with van der Waals surface area (Å²) in [6, 6.07) is 4.30. The van der Waals surface area contributed by atoms with Gasteiger partial charge >= 0.3 is 12.2 Å². The Kier molecular flexibility index (Phi) is 5.53. The van der Waals surface area contributed by atoms with Gasteiger partial charge in [0.15, 0.2) is 10.8 Å². The molecule has 0 radical (unpaired) electrons. The standard InChI is InChI=1S/C15H15F4N3OS/c1-3-21(4-2)14(23)22-9-11(16)13(20-22)24-12-8-6-5-7-10(12)15(17,18)19/h5-9H,3-4H2,1-2H3. The molecule has 24 heavy (non-hydrogen) atoms. The van der Waals surface area contributed by atoms with E-state index in [1.54, 1.807) is 13.8 Å². The largest absolute Gasteiger partial charge is 0.417 e. The third kappa shape index (κ3) is 3.89. The van der Waals surface area contributed by atoms with Crippen LogP contribution in [0.3, 0.4) is 0 Å². The van der Waals surface area contributed by atoms with Gasteiger partial charge in [0.05, 0.1) is 11.8 Å². The minimum Gasteiger partial charge on any atom is -0.323 e. The van der Waals surface area contributed by atoms with E-state index in [1.807, 2.05) is 0 Å². The van der Waals surface area contributed by atoms with E-state index in [0.717, 1.165) is 16.9 Å². The molecule has 0 aliphatic heterocycles.